The molecule has 1 N–H and O–H groups in total. The van der Waals surface area contributed by atoms with E-state index in [2.05, 4.69) is 13.2 Å². The summed E-state index contributed by atoms with van der Waals surface area (Å²) in [6.07, 6.45) is 4.13. The highest BCUT2D eigenvalue weighted by molar-refractivity contribution is 6.34. The lowest BCUT2D eigenvalue weighted by atomic mass is 9.70. The molecule has 0 saturated carbocycles. The molecule has 3 heterocycles. The minimum absolute atomic E-state index is 0.129. The van der Waals surface area contributed by atoms with Crippen LogP contribution in [0.5, 0.6) is 5.75 Å². The van der Waals surface area contributed by atoms with E-state index in [1.54, 1.807) is 53.5 Å². The summed E-state index contributed by atoms with van der Waals surface area (Å²) < 4.78 is 12.3. The van der Waals surface area contributed by atoms with E-state index in [9.17, 15) is 19.5 Å². The average molecular weight is 650 g/mol. The second-order valence-electron chi connectivity index (χ2n) is 12.6. The van der Waals surface area contributed by atoms with E-state index in [0.717, 1.165) is 0 Å². The highest BCUT2D eigenvalue weighted by Gasteiger charge is 2.75. The molecule has 2 unspecified atom stereocenters. The van der Waals surface area contributed by atoms with Crippen LogP contribution in [0.3, 0.4) is 0 Å². The van der Waals surface area contributed by atoms with Crippen LogP contribution in [0.25, 0.3) is 0 Å². The Bertz CT molecular complexity index is 1460. The quantitative estimate of drug-likeness (QED) is 0.281. The number of aliphatic hydroxyl groups excluding tert-OH is 1. The number of hydrogen-bond donors (Lipinski definition) is 1. The topological polar surface area (TPSA) is 99.6 Å². The zero-order chi connectivity index (χ0) is 33.2. The van der Waals surface area contributed by atoms with Crippen molar-refractivity contribution in [3.05, 3.63) is 78.9 Å². The largest absolute Gasteiger partial charge is 0.494 e. The van der Waals surface area contributed by atoms with Gasteiger partial charge >= 0.3 is 0 Å². The van der Waals surface area contributed by atoms with Gasteiger partial charge in [0.05, 0.1) is 47.9 Å². The molecule has 3 aliphatic heterocycles. The van der Waals surface area contributed by atoms with Crippen LogP contribution < -0.4 is 14.5 Å². The van der Waals surface area contributed by atoms with E-state index in [0.29, 0.717) is 48.0 Å². The SMILES string of the molecule is C=CCN(C(=O)[C@@H]1[C@@H]2CCC3(O2)C(C(=O)N(CC=C)c2ccccc2Cl)N([C@@H](CO)CC(C)C)C(=O)[C@H]13)c1ccc(OCC)cc1. The fraction of sp³-hybridized carbons (Fsp3) is 0.472. The second-order valence-corrected chi connectivity index (χ2v) is 13.0. The summed E-state index contributed by atoms with van der Waals surface area (Å²) in [5, 5.41) is 11.0. The molecule has 2 aromatic rings. The van der Waals surface area contributed by atoms with Crippen molar-refractivity contribution in [2.24, 2.45) is 17.8 Å². The van der Waals surface area contributed by atoms with Gasteiger partial charge in [0.15, 0.2) is 0 Å². The monoisotopic (exact) mass is 649 g/mol. The molecule has 2 bridgehead atoms. The van der Waals surface area contributed by atoms with Gasteiger partial charge in [-0.3, -0.25) is 14.4 Å². The van der Waals surface area contributed by atoms with Gasteiger partial charge in [0, 0.05) is 18.8 Å². The van der Waals surface area contributed by atoms with E-state index < -0.39 is 35.6 Å². The molecule has 9 nitrogen and oxygen atoms in total. The van der Waals surface area contributed by atoms with Crippen LogP contribution in [0, 0.1) is 17.8 Å². The Kier molecular flexibility index (Phi) is 10.2. The molecule has 2 aromatic carbocycles. The third kappa shape index (κ3) is 5.85. The van der Waals surface area contributed by atoms with E-state index in [1.807, 2.05) is 32.9 Å². The Balaban J connectivity index is 1.59. The van der Waals surface area contributed by atoms with Crippen molar-refractivity contribution in [3.63, 3.8) is 0 Å². The van der Waals surface area contributed by atoms with E-state index in [1.165, 1.54) is 9.80 Å². The Morgan fingerprint density at radius 3 is 2.39 bits per heavy atom. The molecule has 6 atom stereocenters. The van der Waals surface area contributed by atoms with E-state index >= 15 is 0 Å². The highest BCUT2D eigenvalue weighted by atomic mass is 35.5. The van der Waals surface area contributed by atoms with Crippen molar-refractivity contribution in [3.8, 4) is 5.75 Å². The molecule has 5 rings (SSSR count). The number of amides is 3. The van der Waals surface area contributed by atoms with Crippen LogP contribution in [-0.4, -0.2) is 77.8 Å². The first-order valence-corrected chi connectivity index (χ1v) is 16.4. The molecule has 3 amide bonds. The maximum Gasteiger partial charge on any atom is 0.253 e. The molecule has 0 aliphatic carbocycles. The molecule has 46 heavy (non-hydrogen) atoms. The zero-order valence-electron chi connectivity index (χ0n) is 26.8. The summed E-state index contributed by atoms with van der Waals surface area (Å²) in [5.41, 5.74) is -0.120. The Hall–Kier alpha value is -3.66. The van der Waals surface area contributed by atoms with Gasteiger partial charge < -0.3 is 29.3 Å². The van der Waals surface area contributed by atoms with Crippen molar-refractivity contribution < 1.29 is 29.0 Å². The smallest absolute Gasteiger partial charge is 0.253 e. The molecular weight excluding hydrogens is 606 g/mol. The fourth-order valence-electron chi connectivity index (χ4n) is 7.64. The predicted molar refractivity (Wildman–Crippen MR) is 179 cm³/mol. The molecule has 1 spiro atoms. The van der Waals surface area contributed by atoms with Gasteiger partial charge in [-0.25, -0.2) is 0 Å². The number of hydrogen-bond acceptors (Lipinski definition) is 6. The average Bonchev–Trinajstić information content (AvgIpc) is 3.69. The summed E-state index contributed by atoms with van der Waals surface area (Å²) in [6, 6.07) is 12.5. The third-order valence-corrected chi connectivity index (χ3v) is 9.68. The molecule has 10 heteroatoms. The Labute approximate surface area is 276 Å². The molecule has 3 fully saturated rings. The number of ether oxygens (including phenoxy) is 2. The van der Waals surface area contributed by atoms with Gasteiger partial charge in [0.1, 0.15) is 17.4 Å². The summed E-state index contributed by atoms with van der Waals surface area (Å²) in [6.45, 7) is 14.2. The van der Waals surface area contributed by atoms with Crippen molar-refractivity contribution in [1.29, 1.82) is 0 Å². The lowest BCUT2D eigenvalue weighted by Gasteiger charge is -2.39. The van der Waals surface area contributed by atoms with Crippen LogP contribution >= 0.6 is 11.6 Å². The van der Waals surface area contributed by atoms with Gasteiger partial charge in [-0.15, -0.1) is 13.2 Å². The van der Waals surface area contributed by atoms with Crippen LogP contribution in [-0.2, 0) is 19.1 Å². The second kappa shape index (κ2) is 14.0. The summed E-state index contributed by atoms with van der Waals surface area (Å²) in [5.74, 6) is -1.90. The molecule has 0 radical (unpaired) electrons. The number of aliphatic hydroxyl groups is 1. The van der Waals surface area contributed by atoms with Crippen LogP contribution in [0.2, 0.25) is 5.02 Å². The maximum atomic E-state index is 14.8. The lowest BCUT2D eigenvalue weighted by Crippen LogP contribution is -2.59. The number of carbonyl (C=O) groups is 3. The number of carbonyl (C=O) groups excluding carboxylic acids is 3. The van der Waals surface area contributed by atoms with Gasteiger partial charge in [-0.05, 0) is 68.5 Å². The summed E-state index contributed by atoms with van der Waals surface area (Å²) in [4.78, 5) is 48.8. The number of fused-ring (bicyclic) bond motifs is 1. The highest BCUT2D eigenvalue weighted by Crippen LogP contribution is 2.59. The predicted octanol–water partition coefficient (Wildman–Crippen LogP) is 5.26. The van der Waals surface area contributed by atoms with Crippen LogP contribution in [0.4, 0.5) is 11.4 Å². The van der Waals surface area contributed by atoms with Gasteiger partial charge in [0.25, 0.3) is 5.91 Å². The van der Waals surface area contributed by atoms with Crippen molar-refractivity contribution in [2.75, 3.05) is 36.1 Å². The molecule has 3 saturated heterocycles. The third-order valence-electron chi connectivity index (χ3n) is 9.36. The summed E-state index contributed by atoms with van der Waals surface area (Å²) in [7, 11) is 0. The number of benzene rings is 2. The molecule has 3 aliphatic rings. The van der Waals surface area contributed by atoms with Crippen molar-refractivity contribution in [1.82, 2.24) is 4.90 Å². The number of rotatable bonds is 14. The Morgan fingerprint density at radius 1 is 1.11 bits per heavy atom. The summed E-state index contributed by atoms with van der Waals surface area (Å²) >= 11 is 6.59. The minimum atomic E-state index is -1.25. The molecule has 246 valence electrons. The number of para-hydroxylation sites is 1. The minimum Gasteiger partial charge on any atom is -0.494 e. The molecule has 0 aromatic heterocycles. The lowest BCUT2D eigenvalue weighted by molar-refractivity contribution is -0.144. The maximum absolute atomic E-state index is 14.8. The first-order valence-electron chi connectivity index (χ1n) is 16.1. The Morgan fingerprint density at radius 2 is 1.78 bits per heavy atom. The molecular formula is C36H44ClN3O6. The number of nitrogens with zero attached hydrogens (tertiary/aromatic N) is 3. The van der Waals surface area contributed by atoms with E-state index in [4.69, 9.17) is 21.1 Å². The standard InChI is InChI=1S/C36H44ClN3O6/c1-6-19-38(24-13-15-26(16-14-24)45-8-3)33(42)30-29-17-18-36(46-29)31(30)34(43)40(25(22-41)21-23(4)5)32(36)35(44)39(20-7-2)28-12-10-9-11-27(28)37/h6-7,9-16,23,25,29-32,41H,1-2,8,17-22H2,3-5H3/t25-,29+,30-,31+,32?,36?/m1/s1. The van der Waals surface area contributed by atoms with Gasteiger partial charge in [0.2, 0.25) is 11.8 Å². The normalized spacial score (nSPS) is 25.3. The van der Waals surface area contributed by atoms with E-state index in [-0.39, 0.29) is 43.3 Å². The number of halogens is 1. The van der Waals surface area contributed by atoms with Crippen molar-refractivity contribution in [2.45, 2.75) is 63.8 Å². The number of anilines is 2. The fourth-order valence-corrected chi connectivity index (χ4v) is 7.88. The van der Waals surface area contributed by atoms with Crippen LogP contribution in [0.1, 0.15) is 40.0 Å². The first-order chi connectivity index (χ1) is 22.1. The number of likely N-dealkylation sites (tertiary alicyclic amines) is 1. The van der Waals surface area contributed by atoms with Gasteiger partial charge in [-0.1, -0.05) is 49.7 Å². The van der Waals surface area contributed by atoms with Crippen LogP contribution in [0.15, 0.2) is 73.8 Å². The zero-order valence-corrected chi connectivity index (χ0v) is 27.6. The van der Waals surface area contributed by atoms with Gasteiger partial charge in [-0.2, -0.15) is 0 Å². The van der Waals surface area contributed by atoms with Crippen molar-refractivity contribution >= 4 is 40.7 Å². The first kappa shape index (κ1) is 33.7.